The van der Waals surface area contributed by atoms with Crippen molar-refractivity contribution >= 4 is 31.9 Å². The van der Waals surface area contributed by atoms with Crippen LogP contribution in [0, 0.1) is 5.92 Å². The molecule has 106 valence electrons. The third-order valence-electron chi connectivity index (χ3n) is 4.30. The summed E-state index contributed by atoms with van der Waals surface area (Å²) < 4.78 is 2.30. The van der Waals surface area contributed by atoms with Crippen LogP contribution in [0.1, 0.15) is 57.6 Å². The molecular formula is C16H23Br2N. The SMILES string of the molecule is CC(NC(C)C1CCCCC1)c1ccc(Br)cc1Br. The Labute approximate surface area is 133 Å². The van der Waals surface area contributed by atoms with Gasteiger partial charge in [-0.2, -0.15) is 0 Å². The van der Waals surface area contributed by atoms with Gasteiger partial charge in [0.15, 0.2) is 0 Å². The summed E-state index contributed by atoms with van der Waals surface area (Å²) in [4.78, 5) is 0. The fourth-order valence-corrected chi connectivity index (χ4v) is 4.50. The highest BCUT2D eigenvalue weighted by Crippen LogP contribution is 2.30. The van der Waals surface area contributed by atoms with Crippen LogP contribution in [0.25, 0.3) is 0 Å². The molecule has 1 fully saturated rings. The van der Waals surface area contributed by atoms with Crippen molar-refractivity contribution in [2.75, 3.05) is 0 Å². The summed E-state index contributed by atoms with van der Waals surface area (Å²) in [6, 6.07) is 7.42. The lowest BCUT2D eigenvalue weighted by molar-refractivity contribution is 0.268. The van der Waals surface area contributed by atoms with E-state index in [-0.39, 0.29) is 0 Å². The van der Waals surface area contributed by atoms with Crippen molar-refractivity contribution in [2.24, 2.45) is 5.92 Å². The van der Waals surface area contributed by atoms with E-state index in [1.165, 1.54) is 42.1 Å². The van der Waals surface area contributed by atoms with Gasteiger partial charge in [0.2, 0.25) is 0 Å². The molecule has 0 amide bonds. The molecule has 1 aromatic rings. The van der Waals surface area contributed by atoms with Crippen LogP contribution >= 0.6 is 31.9 Å². The van der Waals surface area contributed by atoms with Crippen molar-refractivity contribution in [1.29, 1.82) is 0 Å². The molecule has 1 nitrogen and oxygen atoms in total. The first-order valence-corrected chi connectivity index (χ1v) is 8.87. The molecular weight excluding hydrogens is 366 g/mol. The third kappa shape index (κ3) is 4.30. The second-order valence-corrected chi connectivity index (χ2v) is 7.51. The van der Waals surface area contributed by atoms with Crippen LogP contribution in [-0.4, -0.2) is 6.04 Å². The van der Waals surface area contributed by atoms with E-state index in [1.807, 2.05) is 0 Å². The highest BCUT2D eigenvalue weighted by Gasteiger charge is 2.22. The van der Waals surface area contributed by atoms with E-state index in [2.05, 4.69) is 69.2 Å². The van der Waals surface area contributed by atoms with E-state index in [9.17, 15) is 0 Å². The van der Waals surface area contributed by atoms with Gasteiger partial charge in [0.25, 0.3) is 0 Å². The molecule has 0 aliphatic heterocycles. The van der Waals surface area contributed by atoms with E-state index in [0.29, 0.717) is 12.1 Å². The molecule has 0 spiro atoms. The summed E-state index contributed by atoms with van der Waals surface area (Å²) in [5, 5.41) is 3.78. The molecule has 0 radical (unpaired) electrons. The number of nitrogens with one attached hydrogen (secondary N) is 1. The molecule has 2 rings (SSSR count). The predicted molar refractivity (Wildman–Crippen MR) is 89.4 cm³/mol. The summed E-state index contributed by atoms with van der Waals surface area (Å²) in [6.07, 6.45) is 7.03. The molecule has 0 saturated heterocycles. The minimum Gasteiger partial charge on any atom is -0.307 e. The van der Waals surface area contributed by atoms with Crippen molar-refractivity contribution in [3.05, 3.63) is 32.7 Å². The Hall–Kier alpha value is 0.140. The standard InChI is InChI=1S/C16H23Br2N/c1-11(13-6-4-3-5-7-13)19-12(2)15-9-8-14(17)10-16(15)18/h8-13,19H,3-7H2,1-2H3. The average molecular weight is 389 g/mol. The molecule has 0 bridgehead atoms. The first-order chi connectivity index (χ1) is 9.08. The Kier molecular flexibility index (Phi) is 5.91. The van der Waals surface area contributed by atoms with Crippen LogP contribution in [0.5, 0.6) is 0 Å². The van der Waals surface area contributed by atoms with Gasteiger partial charge in [0.1, 0.15) is 0 Å². The first-order valence-electron chi connectivity index (χ1n) is 7.29. The van der Waals surface area contributed by atoms with Gasteiger partial charge in [0.05, 0.1) is 0 Å². The normalized spacial score (nSPS) is 20.2. The van der Waals surface area contributed by atoms with Crippen molar-refractivity contribution < 1.29 is 0 Å². The molecule has 1 saturated carbocycles. The predicted octanol–water partition coefficient (Wildman–Crippen LogP) is 5.83. The van der Waals surface area contributed by atoms with Crippen LogP contribution in [0.4, 0.5) is 0 Å². The summed E-state index contributed by atoms with van der Waals surface area (Å²) in [5.41, 5.74) is 1.34. The lowest BCUT2D eigenvalue weighted by Crippen LogP contribution is -2.36. The second-order valence-electron chi connectivity index (χ2n) is 5.74. The zero-order valence-electron chi connectivity index (χ0n) is 11.8. The van der Waals surface area contributed by atoms with E-state index in [1.54, 1.807) is 0 Å². The molecule has 19 heavy (non-hydrogen) atoms. The van der Waals surface area contributed by atoms with Gasteiger partial charge in [-0.05, 0) is 50.3 Å². The molecule has 2 unspecified atom stereocenters. The van der Waals surface area contributed by atoms with Gasteiger partial charge < -0.3 is 5.32 Å². The lowest BCUT2D eigenvalue weighted by atomic mass is 9.84. The second kappa shape index (κ2) is 7.24. The van der Waals surface area contributed by atoms with Crippen LogP contribution in [-0.2, 0) is 0 Å². The molecule has 1 N–H and O–H groups in total. The summed E-state index contributed by atoms with van der Waals surface area (Å²) in [6.45, 7) is 4.60. The van der Waals surface area contributed by atoms with E-state index < -0.39 is 0 Å². The number of hydrogen-bond donors (Lipinski definition) is 1. The van der Waals surface area contributed by atoms with Gasteiger partial charge in [-0.3, -0.25) is 0 Å². The zero-order valence-corrected chi connectivity index (χ0v) is 14.9. The Morgan fingerprint density at radius 2 is 1.79 bits per heavy atom. The van der Waals surface area contributed by atoms with E-state index >= 15 is 0 Å². The smallest absolute Gasteiger partial charge is 0.0305 e. The highest BCUT2D eigenvalue weighted by molar-refractivity contribution is 9.11. The molecule has 2 atom stereocenters. The zero-order chi connectivity index (χ0) is 13.8. The monoisotopic (exact) mass is 387 g/mol. The number of halogens is 2. The number of benzene rings is 1. The summed E-state index contributed by atoms with van der Waals surface area (Å²) in [7, 11) is 0. The van der Waals surface area contributed by atoms with Gasteiger partial charge in [-0.1, -0.05) is 57.2 Å². The molecule has 0 aromatic heterocycles. The maximum Gasteiger partial charge on any atom is 0.0305 e. The Morgan fingerprint density at radius 3 is 2.42 bits per heavy atom. The lowest BCUT2D eigenvalue weighted by Gasteiger charge is -2.31. The van der Waals surface area contributed by atoms with Crippen molar-refractivity contribution in [2.45, 2.75) is 58.0 Å². The van der Waals surface area contributed by atoms with Crippen molar-refractivity contribution in [3.63, 3.8) is 0 Å². The Balaban J connectivity index is 1.97. The first kappa shape index (κ1) is 15.5. The Morgan fingerprint density at radius 1 is 1.11 bits per heavy atom. The van der Waals surface area contributed by atoms with Gasteiger partial charge >= 0.3 is 0 Å². The van der Waals surface area contributed by atoms with Gasteiger partial charge in [0, 0.05) is 21.0 Å². The number of rotatable bonds is 4. The molecule has 0 heterocycles. The van der Waals surface area contributed by atoms with Gasteiger partial charge in [-0.15, -0.1) is 0 Å². The maximum atomic E-state index is 3.78. The minimum absolute atomic E-state index is 0.388. The van der Waals surface area contributed by atoms with Crippen molar-refractivity contribution in [3.8, 4) is 0 Å². The van der Waals surface area contributed by atoms with Crippen LogP contribution < -0.4 is 5.32 Å². The largest absolute Gasteiger partial charge is 0.307 e. The maximum absolute atomic E-state index is 3.78. The van der Waals surface area contributed by atoms with E-state index in [4.69, 9.17) is 0 Å². The van der Waals surface area contributed by atoms with Crippen molar-refractivity contribution in [1.82, 2.24) is 5.32 Å². The minimum atomic E-state index is 0.388. The molecule has 1 aromatic carbocycles. The molecule has 3 heteroatoms. The third-order valence-corrected chi connectivity index (χ3v) is 5.48. The summed E-state index contributed by atoms with van der Waals surface area (Å²) in [5.74, 6) is 0.852. The summed E-state index contributed by atoms with van der Waals surface area (Å²) >= 11 is 7.17. The van der Waals surface area contributed by atoms with Gasteiger partial charge in [-0.25, -0.2) is 0 Å². The van der Waals surface area contributed by atoms with Crippen LogP contribution in [0.15, 0.2) is 27.1 Å². The Bertz CT molecular complexity index is 413. The fraction of sp³-hybridized carbons (Fsp3) is 0.625. The average Bonchev–Trinajstić information content (AvgIpc) is 2.39. The topological polar surface area (TPSA) is 12.0 Å². The van der Waals surface area contributed by atoms with E-state index in [0.717, 1.165) is 10.4 Å². The number of hydrogen-bond acceptors (Lipinski definition) is 1. The highest BCUT2D eigenvalue weighted by atomic mass is 79.9. The fourth-order valence-electron chi connectivity index (χ4n) is 3.11. The molecule has 1 aliphatic carbocycles. The molecule has 1 aliphatic rings. The van der Waals surface area contributed by atoms with Crippen LogP contribution in [0.2, 0.25) is 0 Å². The quantitative estimate of drug-likeness (QED) is 0.683. The van der Waals surface area contributed by atoms with Crippen LogP contribution in [0.3, 0.4) is 0 Å².